The van der Waals surface area contributed by atoms with Gasteiger partial charge in [0, 0.05) is 24.8 Å². The summed E-state index contributed by atoms with van der Waals surface area (Å²) in [4.78, 5) is 23.3. The van der Waals surface area contributed by atoms with Gasteiger partial charge in [-0.2, -0.15) is 0 Å². The zero-order valence-electron chi connectivity index (χ0n) is 17.3. The second-order valence-corrected chi connectivity index (χ2v) is 7.41. The Labute approximate surface area is 184 Å². The molecule has 1 saturated heterocycles. The lowest BCUT2D eigenvalue weighted by Crippen LogP contribution is -2.26. The minimum atomic E-state index is -0.835. The van der Waals surface area contributed by atoms with Crippen LogP contribution < -0.4 is 10.2 Å². The van der Waals surface area contributed by atoms with Crippen molar-refractivity contribution in [3.05, 3.63) is 104 Å². The number of rotatable bonds is 8. The molecule has 166 valence electrons. The molecule has 2 aromatic carbocycles. The van der Waals surface area contributed by atoms with Crippen molar-refractivity contribution in [1.82, 2.24) is 0 Å². The van der Waals surface area contributed by atoms with Gasteiger partial charge in [-0.05, 0) is 42.5 Å². The highest BCUT2D eigenvalue weighted by molar-refractivity contribution is 5.39. The van der Waals surface area contributed by atoms with E-state index in [0.717, 1.165) is 18.4 Å². The smallest absolute Gasteiger partial charge is 0.269 e. The van der Waals surface area contributed by atoms with Gasteiger partial charge in [-0.25, -0.2) is 0 Å². The fourth-order valence-electron chi connectivity index (χ4n) is 3.51. The fourth-order valence-corrected chi connectivity index (χ4v) is 3.51. The second kappa shape index (κ2) is 10.2. The maximum Gasteiger partial charge on any atom is 0.269 e. The Balaban J connectivity index is 1.68. The average molecular weight is 437 g/mol. The molecule has 32 heavy (non-hydrogen) atoms. The largest absolute Gasteiger partial charge is 0.482 e. The van der Waals surface area contributed by atoms with E-state index in [4.69, 9.17) is 18.6 Å². The van der Waals surface area contributed by atoms with E-state index < -0.39 is 17.3 Å². The van der Waals surface area contributed by atoms with Crippen LogP contribution in [0.15, 0.2) is 76.1 Å². The number of nitro groups is 1. The standard InChI is InChI=1S/C24H23NO7/c26-20-13-15-30-24(23(20)31-16-17-6-2-1-3-7-17)22(32-21-8-4-5-14-29-21)18-9-11-19(12-10-18)25(27)28/h1-3,6-7,9-13,15,21-22H,4-5,8,14,16H2. The summed E-state index contributed by atoms with van der Waals surface area (Å²) in [6.07, 6.45) is 2.56. The summed E-state index contributed by atoms with van der Waals surface area (Å²) in [5, 5.41) is 11.1. The van der Waals surface area contributed by atoms with Crippen molar-refractivity contribution in [2.24, 2.45) is 0 Å². The van der Waals surface area contributed by atoms with Crippen molar-refractivity contribution in [2.75, 3.05) is 6.61 Å². The first-order chi connectivity index (χ1) is 15.6. The molecule has 0 aliphatic carbocycles. The van der Waals surface area contributed by atoms with Crippen LogP contribution in [0.3, 0.4) is 0 Å². The Morgan fingerprint density at radius 3 is 2.53 bits per heavy atom. The van der Waals surface area contributed by atoms with Crippen molar-refractivity contribution in [3.8, 4) is 5.75 Å². The molecule has 0 bridgehead atoms. The van der Waals surface area contributed by atoms with E-state index >= 15 is 0 Å². The highest BCUT2D eigenvalue weighted by atomic mass is 16.7. The zero-order chi connectivity index (χ0) is 22.3. The molecule has 1 aliphatic rings. The van der Waals surface area contributed by atoms with Crippen molar-refractivity contribution < 1.29 is 23.6 Å². The van der Waals surface area contributed by atoms with Crippen LogP contribution in [0.25, 0.3) is 0 Å². The van der Waals surface area contributed by atoms with Gasteiger partial charge in [-0.15, -0.1) is 0 Å². The Morgan fingerprint density at radius 1 is 1.06 bits per heavy atom. The number of hydrogen-bond acceptors (Lipinski definition) is 7. The predicted molar refractivity (Wildman–Crippen MR) is 115 cm³/mol. The number of ether oxygens (including phenoxy) is 3. The highest BCUT2D eigenvalue weighted by Gasteiger charge is 2.29. The Bertz CT molecular complexity index is 1090. The van der Waals surface area contributed by atoms with Gasteiger partial charge >= 0.3 is 0 Å². The summed E-state index contributed by atoms with van der Waals surface area (Å²) in [5.41, 5.74) is 1.09. The fraction of sp³-hybridized carbons (Fsp3) is 0.292. The van der Waals surface area contributed by atoms with Crippen LogP contribution in [0.4, 0.5) is 5.69 Å². The summed E-state index contributed by atoms with van der Waals surface area (Å²) in [6, 6.07) is 16.7. The Hall–Kier alpha value is -3.49. The SMILES string of the molecule is O=c1ccoc(C(OC2CCCCO2)c2ccc([N+](=O)[O-])cc2)c1OCc1ccccc1. The van der Waals surface area contributed by atoms with Gasteiger partial charge in [0.25, 0.3) is 5.69 Å². The molecule has 0 N–H and O–H groups in total. The third-order valence-corrected chi connectivity index (χ3v) is 5.16. The first-order valence-corrected chi connectivity index (χ1v) is 10.4. The van der Waals surface area contributed by atoms with Crippen LogP contribution in [-0.2, 0) is 16.1 Å². The van der Waals surface area contributed by atoms with E-state index in [0.29, 0.717) is 18.6 Å². The van der Waals surface area contributed by atoms with Gasteiger partial charge in [0.05, 0.1) is 11.2 Å². The molecule has 1 aromatic heterocycles. The van der Waals surface area contributed by atoms with Crippen molar-refractivity contribution in [2.45, 2.75) is 38.3 Å². The third-order valence-electron chi connectivity index (χ3n) is 5.16. The van der Waals surface area contributed by atoms with Crippen molar-refractivity contribution in [3.63, 3.8) is 0 Å². The summed E-state index contributed by atoms with van der Waals surface area (Å²) < 4.78 is 23.5. The first-order valence-electron chi connectivity index (χ1n) is 10.4. The van der Waals surface area contributed by atoms with Crippen molar-refractivity contribution >= 4 is 5.69 Å². The molecule has 2 unspecified atom stereocenters. The van der Waals surface area contributed by atoms with E-state index in [1.165, 1.54) is 24.5 Å². The molecule has 0 radical (unpaired) electrons. The first kappa shape index (κ1) is 21.7. The minimum absolute atomic E-state index is 0.0375. The molecule has 2 heterocycles. The summed E-state index contributed by atoms with van der Waals surface area (Å²) in [6.45, 7) is 0.753. The maximum absolute atomic E-state index is 12.7. The van der Waals surface area contributed by atoms with Crippen LogP contribution >= 0.6 is 0 Å². The maximum atomic E-state index is 12.7. The topological polar surface area (TPSA) is 101 Å². The van der Waals surface area contributed by atoms with Gasteiger partial charge in [0.1, 0.15) is 12.7 Å². The van der Waals surface area contributed by atoms with Gasteiger partial charge in [-0.1, -0.05) is 30.3 Å². The van der Waals surface area contributed by atoms with E-state index in [2.05, 4.69) is 0 Å². The number of nitrogens with zero attached hydrogens (tertiary/aromatic N) is 1. The van der Waals surface area contributed by atoms with E-state index in [-0.39, 0.29) is 29.2 Å². The molecule has 3 aromatic rings. The van der Waals surface area contributed by atoms with Crippen LogP contribution in [0.1, 0.15) is 42.3 Å². The lowest BCUT2D eigenvalue weighted by Gasteiger charge is -2.28. The summed E-state index contributed by atoms with van der Waals surface area (Å²) >= 11 is 0. The van der Waals surface area contributed by atoms with Gasteiger partial charge in [0.15, 0.2) is 12.1 Å². The zero-order valence-corrected chi connectivity index (χ0v) is 17.3. The molecule has 1 aliphatic heterocycles. The minimum Gasteiger partial charge on any atom is -0.482 e. The highest BCUT2D eigenvalue weighted by Crippen LogP contribution is 2.35. The quantitative estimate of drug-likeness (QED) is 0.370. The Kier molecular flexibility index (Phi) is 6.94. The van der Waals surface area contributed by atoms with E-state index in [1.807, 2.05) is 30.3 Å². The van der Waals surface area contributed by atoms with Crippen LogP contribution in [-0.4, -0.2) is 17.8 Å². The van der Waals surface area contributed by atoms with Crippen molar-refractivity contribution in [1.29, 1.82) is 0 Å². The molecule has 8 heteroatoms. The lowest BCUT2D eigenvalue weighted by molar-refractivity contribution is -0.384. The normalized spacial score (nSPS) is 16.9. The number of non-ortho nitro benzene ring substituents is 1. The molecule has 8 nitrogen and oxygen atoms in total. The molecule has 4 rings (SSSR count). The van der Waals surface area contributed by atoms with Crippen LogP contribution in [0.5, 0.6) is 5.75 Å². The number of hydrogen-bond donors (Lipinski definition) is 0. The van der Waals surface area contributed by atoms with E-state index in [9.17, 15) is 14.9 Å². The number of nitro benzene ring substituents is 1. The predicted octanol–water partition coefficient (Wildman–Crippen LogP) is 4.76. The molecule has 1 fully saturated rings. The van der Waals surface area contributed by atoms with Gasteiger partial charge in [0.2, 0.25) is 11.2 Å². The monoisotopic (exact) mass is 437 g/mol. The van der Waals surface area contributed by atoms with Crippen LogP contribution in [0.2, 0.25) is 0 Å². The summed E-state index contributed by atoms with van der Waals surface area (Å²) in [5.74, 6) is 0.229. The molecule has 2 atom stereocenters. The van der Waals surface area contributed by atoms with Crippen LogP contribution in [0, 0.1) is 10.1 Å². The molecule has 0 spiro atoms. The lowest BCUT2D eigenvalue weighted by atomic mass is 10.0. The van der Waals surface area contributed by atoms with Gasteiger partial charge in [-0.3, -0.25) is 14.9 Å². The Morgan fingerprint density at radius 2 is 1.84 bits per heavy atom. The molecule has 0 saturated carbocycles. The molecular weight excluding hydrogens is 414 g/mol. The van der Waals surface area contributed by atoms with Gasteiger partial charge < -0.3 is 18.6 Å². The second-order valence-electron chi connectivity index (χ2n) is 7.41. The average Bonchev–Trinajstić information content (AvgIpc) is 2.83. The molecule has 0 amide bonds. The molecular formula is C24H23NO7. The van der Waals surface area contributed by atoms with E-state index in [1.54, 1.807) is 12.1 Å². The third kappa shape index (κ3) is 5.22. The summed E-state index contributed by atoms with van der Waals surface area (Å²) in [7, 11) is 0. The number of benzene rings is 2.